The van der Waals surface area contributed by atoms with E-state index >= 15 is 0 Å². The smallest absolute Gasteiger partial charge is 0.256 e. The van der Waals surface area contributed by atoms with E-state index in [1.54, 1.807) is 22.9 Å². The molecule has 2 aromatic heterocycles. The predicted octanol–water partition coefficient (Wildman–Crippen LogP) is 4.98. The van der Waals surface area contributed by atoms with Gasteiger partial charge in [-0.2, -0.15) is 5.10 Å². The Morgan fingerprint density at radius 1 is 1.11 bits per heavy atom. The van der Waals surface area contributed by atoms with Gasteiger partial charge in [-0.25, -0.2) is 18.1 Å². The van der Waals surface area contributed by atoms with Crippen molar-refractivity contribution in [3.63, 3.8) is 0 Å². The quantitative estimate of drug-likeness (QED) is 0.370. The number of carbonyl (C=O) groups is 1. The fourth-order valence-corrected chi connectivity index (χ4v) is 6.47. The number of amides is 1. The molecular formula is C28H30N4O4S. The van der Waals surface area contributed by atoms with Crippen LogP contribution in [0.2, 0.25) is 0 Å². The molecule has 37 heavy (non-hydrogen) atoms. The number of aromatic nitrogens is 3. The number of hydrogen-bond acceptors (Lipinski definition) is 6. The summed E-state index contributed by atoms with van der Waals surface area (Å²) in [5, 5.41) is 8.28. The zero-order valence-corrected chi connectivity index (χ0v) is 22.0. The summed E-state index contributed by atoms with van der Waals surface area (Å²) in [6, 6.07) is 16.8. The maximum absolute atomic E-state index is 13.6. The molecule has 0 radical (unpaired) electrons. The number of carbonyl (C=O) groups excluding carboxylic acids is 1. The lowest BCUT2D eigenvalue weighted by Crippen LogP contribution is -2.15. The highest BCUT2D eigenvalue weighted by Gasteiger charge is 2.32. The largest absolute Gasteiger partial charge is 0.494 e. The fourth-order valence-electron chi connectivity index (χ4n) is 4.77. The second kappa shape index (κ2) is 9.97. The Morgan fingerprint density at radius 2 is 1.84 bits per heavy atom. The summed E-state index contributed by atoms with van der Waals surface area (Å²) in [5.74, 6) is 0.591. The number of benzene rings is 2. The van der Waals surface area contributed by atoms with Crippen molar-refractivity contribution >= 4 is 32.5 Å². The normalized spacial score (nSPS) is 16.7. The molecule has 5 rings (SSSR count). The van der Waals surface area contributed by atoms with E-state index in [0.717, 1.165) is 17.7 Å². The Hall–Kier alpha value is -3.72. The summed E-state index contributed by atoms with van der Waals surface area (Å²) in [6.07, 6.45) is 1.40. The summed E-state index contributed by atoms with van der Waals surface area (Å²) < 4.78 is 31.6. The van der Waals surface area contributed by atoms with Crippen molar-refractivity contribution in [3.05, 3.63) is 71.4 Å². The van der Waals surface area contributed by atoms with Gasteiger partial charge in [0, 0.05) is 11.3 Å². The third-order valence-electron chi connectivity index (χ3n) is 6.72. The van der Waals surface area contributed by atoms with E-state index in [1.807, 2.05) is 50.2 Å². The number of pyridine rings is 1. The molecule has 0 aliphatic carbocycles. The number of nitrogens with zero attached hydrogens (tertiary/aromatic N) is 3. The molecule has 1 fully saturated rings. The van der Waals surface area contributed by atoms with Crippen LogP contribution in [-0.4, -0.2) is 47.2 Å². The van der Waals surface area contributed by atoms with Crippen molar-refractivity contribution in [1.82, 2.24) is 14.8 Å². The number of nitrogens with one attached hydrogen (secondary N) is 1. The molecule has 192 valence electrons. The van der Waals surface area contributed by atoms with Crippen LogP contribution in [0.5, 0.6) is 5.75 Å². The van der Waals surface area contributed by atoms with Gasteiger partial charge < -0.3 is 10.1 Å². The molecule has 3 heterocycles. The second-order valence-corrected chi connectivity index (χ2v) is 11.5. The van der Waals surface area contributed by atoms with Crippen molar-refractivity contribution in [2.75, 3.05) is 23.4 Å². The molecule has 0 bridgehead atoms. The van der Waals surface area contributed by atoms with Gasteiger partial charge >= 0.3 is 0 Å². The van der Waals surface area contributed by atoms with E-state index in [1.165, 1.54) is 5.56 Å². The Balaban J connectivity index is 1.61. The minimum Gasteiger partial charge on any atom is -0.494 e. The first-order valence-electron chi connectivity index (χ1n) is 12.5. The lowest BCUT2D eigenvalue weighted by atomic mass is 10.0. The molecule has 1 amide bonds. The van der Waals surface area contributed by atoms with E-state index < -0.39 is 9.84 Å². The van der Waals surface area contributed by atoms with Crippen LogP contribution in [0.15, 0.2) is 54.6 Å². The van der Waals surface area contributed by atoms with Gasteiger partial charge in [-0.15, -0.1) is 0 Å². The highest BCUT2D eigenvalue weighted by Crippen LogP contribution is 2.32. The van der Waals surface area contributed by atoms with Crippen LogP contribution in [0.4, 0.5) is 5.69 Å². The number of rotatable bonds is 7. The first-order valence-corrected chi connectivity index (χ1v) is 14.3. The first kappa shape index (κ1) is 25.0. The molecule has 1 saturated heterocycles. The molecule has 1 aliphatic rings. The van der Waals surface area contributed by atoms with Gasteiger partial charge in [-0.1, -0.05) is 31.2 Å². The zero-order chi connectivity index (χ0) is 26.2. The molecule has 0 saturated carbocycles. The summed E-state index contributed by atoms with van der Waals surface area (Å²) >= 11 is 0. The summed E-state index contributed by atoms with van der Waals surface area (Å²) in [6.45, 7) is 6.41. The molecule has 4 aromatic rings. The van der Waals surface area contributed by atoms with Gasteiger partial charge in [0.05, 0.1) is 46.5 Å². The minimum absolute atomic E-state index is 0.0219. The Labute approximate surface area is 216 Å². The van der Waals surface area contributed by atoms with E-state index in [9.17, 15) is 13.2 Å². The van der Waals surface area contributed by atoms with Gasteiger partial charge in [0.2, 0.25) is 0 Å². The fraction of sp³-hybridized carbons (Fsp3) is 0.321. The molecule has 2 aromatic carbocycles. The topological polar surface area (TPSA) is 103 Å². The second-order valence-electron chi connectivity index (χ2n) is 9.30. The average molecular weight is 519 g/mol. The minimum atomic E-state index is -3.13. The number of sulfone groups is 1. The van der Waals surface area contributed by atoms with Crippen molar-refractivity contribution in [2.45, 2.75) is 39.7 Å². The van der Waals surface area contributed by atoms with Gasteiger partial charge in [0.1, 0.15) is 5.75 Å². The molecule has 1 atom stereocenters. The Morgan fingerprint density at radius 3 is 2.46 bits per heavy atom. The number of hydrogen-bond donors (Lipinski definition) is 1. The lowest BCUT2D eigenvalue weighted by Gasteiger charge is -2.13. The van der Waals surface area contributed by atoms with E-state index in [-0.39, 0.29) is 23.5 Å². The lowest BCUT2D eigenvalue weighted by molar-refractivity contribution is 0.102. The summed E-state index contributed by atoms with van der Waals surface area (Å²) in [5.41, 5.74) is 4.95. The standard InChI is InChI=1S/C28H30N4O4S/c1-4-19-6-8-20(9-7-19)25-16-24(28(33)29-21-10-12-23(13-11-21)36-5-2)26-18(3)31-32(27(26)30-25)22-14-15-37(34,35)17-22/h6-13,16,22H,4-5,14-15,17H2,1-3H3,(H,29,33). The number of anilines is 1. The van der Waals surface area contributed by atoms with Crippen LogP contribution in [0, 0.1) is 6.92 Å². The van der Waals surface area contributed by atoms with Crippen molar-refractivity contribution in [2.24, 2.45) is 0 Å². The van der Waals surface area contributed by atoms with Crippen LogP contribution in [0.3, 0.4) is 0 Å². The molecule has 9 heteroatoms. The van der Waals surface area contributed by atoms with Gasteiger partial charge in [0.15, 0.2) is 15.5 Å². The number of aryl methyl sites for hydroxylation is 2. The third-order valence-corrected chi connectivity index (χ3v) is 8.47. The van der Waals surface area contributed by atoms with Crippen LogP contribution in [0.25, 0.3) is 22.3 Å². The summed E-state index contributed by atoms with van der Waals surface area (Å²) in [7, 11) is -3.13. The van der Waals surface area contributed by atoms with E-state index in [4.69, 9.17) is 9.72 Å². The number of ether oxygens (including phenoxy) is 1. The Kier molecular flexibility index (Phi) is 6.72. The maximum Gasteiger partial charge on any atom is 0.256 e. The van der Waals surface area contributed by atoms with Crippen LogP contribution in [-0.2, 0) is 16.3 Å². The highest BCUT2D eigenvalue weighted by atomic mass is 32.2. The third kappa shape index (κ3) is 5.09. The monoisotopic (exact) mass is 518 g/mol. The molecule has 8 nitrogen and oxygen atoms in total. The maximum atomic E-state index is 13.6. The molecule has 1 N–H and O–H groups in total. The highest BCUT2D eigenvalue weighted by molar-refractivity contribution is 7.91. The van der Waals surface area contributed by atoms with Crippen LogP contribution < -0.4 is 10.1 Å². The van der Waals surface area contributed by atoms with Crippen LogP contribution >= 0.6 is 0 Å². The average Bonchev–Trinajstić information content (AvgIpc) is 3.43. The van der Waals surface area contributed by atoms with E-state index in [2.05, 4.69) is 17.3 Å². The van der Waals surface area contributed by atoms with Gasteiger partial charge in [0.25, 0.3) is 5.91 Å². The predicted molar refractivity (Wildman–Crippen MR) is 145 cm³/mol. The SMILES string of the molecule is CCOc1ccc(NC(=O)c2cc(-c3ccc(CC)cc3)nc3c2c(C)nn3C2CCS(=O)(=O)C2)cc1. The first-order chi connectivity index (χ1) is 17.8. The van der Waals surface area contributed by atoms with E-state index in [0.29, 0.717) is 46.7 Å². The van der Waals surface area contributed by atoms with Crippen molar-refractivity contribution in [3.8, 4) is 17.0 Å². The Bertz CT molecular complexity index is 1560. The summed E-state index contributed by atoms with van der Waals surface area (Å²) in [4.78, 5) is 18.5. The van der Waals surface area contributed by atoms with Crippen LogP contribution in [0.1, 0.15) is 47.9 Å². The molecule has 1 aliphatic heterocycles. The van der Waals surface area contributed by atoms with Crippen molar-refractivity contribution < 1.29 is 17.9 Å². The van der Waals surface area contributed by atoms with Gasteiger partial charge in [-0.05, 0) is 62.6 Å². The molecular weight excluding hydrogens is 488 g/mol. The molecule has 0 spiro atoms. The van der Waals surface area contributed by atoms with Crippen molar-refractivity contribution in [1.29, 1.82) is 0 Å². The molecule has 1 unspecified atom stereocenters. The number of fused-ring (bicyclic) bond motifs is 1. The zero-order valence-electron chi connectivity index (χ0n) is 21.2. The van der Waals surface area contributed by atoms with Gasteiger partial charge in [-0.3, -0.25) is 4.79 Å².